The topological polar surface area (TPSA) is 25.8 Å². The van der Waals surface area contributed by atoms with Gasteiger partial charge in [-0.15, -0.1) is 11.8 Å². The number of hydrogen-bond acceptors (Lipinski definition) is 3. The van der Waals surface area contributed by atoms with Crippen molar-refractivity contribution in [1.29, 1.82) is 0 Å². The lowest BCUT2D eigenvalue weighted by Gasteiger charge is -2.11. The van der Waals surface area contributed by atoms with Crippen molar-refractivity contribution in [3.8, 4) is 0 Å². The number of hydrogen-bond donors (Lipinski definition) is 0. The third-order valence-corrected chi connectivity index (χ3v) is 5.93. The molecule has 0 atom stereocenters. The van der Waals surface area contributed by atoms with Crippen LogP contribution in [0.15, 0.2) is 38.1 Å². The maximum Gasteiger partial charge on any atom is 0.147 e. The lowest BCUT2D eigenvalue weighted by molar-refractivity contribution is 0.791. The van der Waals surface area contributed by atoms with Crippen LogP contribution >= 0.6 is 55.2 Å². The van der Waals surface area contributed by atoms with Crippen molar-refractivity contribution in [3.63, 3.8) is 0 Å². The Kier molecular flexibility index (Phi) is 5.90. The molecule has 2 aromatic rings. The molecule has 0 saturated heterocycles. The van der Waals surface area contributed by atoms with Gasteiger partial charge in [-0.3, -0.25) is 0 Å². The standard InChI is InChI=1S/C14H13Br2ClN2S/c1-8(2)13-12(16)14(17)19-11(18-13)7-20-10-6-4-3-5-9(10)15/h3-6,8H,7H2,1-2H3. The van der Waals surface area contributed by atoms with E-state index in [-0.39, 0.29) is 0 Å². The Bertz CT molecular complexity index is 620. The molecule has 6 heteroatoms. The summed E-state index contributed by atoms with van der Waals surface area (Å²) in [6, 6.07) is 8.11. The van der Waals surface area contributed by atoms with Gasteiger partial charge in [-0.1, -0.05) is 37.6 Å². The van der Waals surface area contributed by atoms with Gasteiger partial charge in [0.05, 0.1) is 15.9 Å². The molecule has 2 nitrogen and oxygen atoms in total. The predicted octanol–water partition coefficient (Wildman–Crippen LogP) is 6.07. The van der Waals surface area contributed by atoms with Gasteiger partial charge in [0.1, 0.15) is 11.0 Å². The van der Waals surface area contributed by atoms with Crippen LogP contribution in [-0.2, 0) is 5.75 Å². The van der Waals surface area contributed by atoms with Gasteiger partial charge in [0, 0.05) is 9.37 Å². The number of nitrogens with zero attached hydrogens (tertiary/aromatic N) is 2. The Labute approximate surface area is 145 Å². The molecule has 1 aromatic carbocycles. The molecular formula is C14H13Br2ClN2S. The molecule has 1 aromatic heterocycles. The first kappa shape index (κ1) is 16.3. The average molecular weight is 437 g/mol. The van der Waals surface area contributed by atoms with Crippen LogP contribution in [0.4, 0.5) is 0 Å². The first-order chi connectivity index (χ1) is 9.49. The van der Waals surface area contributed by atoms with Gasteiger partial charge in [0.25, 0.3) is 0 Å². The fraction of sp³-hybridized carbons (Fsp3) is 0.286. The minimum absolute atomic E-state index is 0.303. The van der Waals surface area contributed by atoms with Crippen molar-refractivity contribution >= 4 is 55.2 Å². The molecule has 0 aliphatic rings. The summed E-state index contributed by atoms with van der Waals surface area (Å²) in [6.45, 7) is 4.18. The van der Waals surface area contributed by atoms with Gasteiger partial charge in [0.15, 0.2) is 0 Å². The number of thioether (sulfide) groups is 1. The minimum atomic E-state index is 0.303. The fourth-order valence-corrected chi connectivity index (χ4v) is 3.88. The molecule has 0 N–H and O–H groups in total. The smallest absolute Gasteiger partial charge is 0.147 e. The summed E-state index contributed by atoms with van der Waals surface area (Å²) in [4.78, 5) is 10.1. The summed E-state index contributed by atoms with van der Waals surface area (Å²) in [5.74, 6) is 1.75. The number of aromatic nitrogens is 2. The zero-order valence-electron chi connectivity index (χ0n) is 11.0. The highest BCUT2D eigenvalue weighted by atomic mass is 79.9. The monoisotopic (exact) mass is 434 g/mol. The Hall–Kier alpha value is -0.100. The third-order valence-electron chi connectivity index (χ3n) is 2.62. The molecule has 20 heavy (non-hydrogen) atoms. The number of benzene rings is 1. The van der Waals surface area contributed by atoms with Gasteiger partial charge < -0.3 is 0 Å². The zero-order valence-corrected chi connectivity index (χ0v) is 15.8. The fourth-order valence-electron chi connectivity index (χ4n) is 1.63. The lowest BCUT2D eigenvalue weighted by atomic mass is 10.1. The van der Waals surface area contributed by atoms with E-state index in [2.05, 4.69) is 61.7 Å². The van der Waals surface area contributed by atoms with E-state index in [1.807, 2.05) is 18.2 Å². The van der Waals surface area contributed by atoms with Gasteiger partial charge in [-0.25, -0.2) is 9.97 Å². The number of halogens is 3. The van der Waals surface area contributed by atoms with Crippen LogP contribution in [0.5, 0.6) is 0 Å². The van der Waals surface area contributed by atoms with E-state index < -0.39 is 0 Å². The maximum atomic E-state index is 6.16. The Morgan fingerprint density at radius 3 is 2.55 bits per heavy atom. The van der Waals surface area contributed by atoms with Gasteiger partial charge in [-0.05, 0) is 49.9 Å². The molecule has 0 radical (unpaired) electrons. The van der Waals surface area contributed by atoms with Crippen LogP contribution in [0.25, 0.3) is 0 Å². The highest BCUT2D eigenvalue weighted by Gasteiger charge is 2.14. The van der Waals surface area contributed by atoms with Crippen molar-refractivity contribution < 1.29 is 0 Å². The summed E-state index contributed by atoms with van der Waals surface area (Å²) in [5, 5.41) is 0.478. The highest BCUT2D eigenvalue weighted by Crippen LogP contribution is 2.32. The third kappa shape index (κ3) is 3.97. The second-order valence-electron chi connectivity index (χ2n) is 4.50. The Morgan fingerprint density at radius 2 is 1.90 bits per heavy atom. The van der Waals surface area contributed by atoms with Crippen LogP contribution < -0.4 is 0 Å². The summed E-state index contributed by atoms with van der Waals surface area (Å²) in [7, 11) is 0. The van der Waals surface area contributed by atoms with Crippen LogP contribution in [-0.4, -0.2) is 9.97 Å². The molecule has 0 fully saturated rings. The summed E-state index contributed by atoms with van der Waals surface area (Å²) >= 11 is 14.8. The molecule has 0 saturated carbocycles. The van der Waals surface area contributed by atoms with Crippen molar-refractivity contribution in [2.75, 3.05) is 0 Å². The summed E-state index contributed by atoms with van der Waals surface area (Å²) in [5.41, 5.74) is 0.952. The molecular weight excluding hydrogens is 423 g/mol. The van der Waals surface area contributed by atoms with Gasteiger partial charge in [0.2, 0.25) is 0 Å². The molecule has 0 unspecified atom stereocenters. The second kappa shape index (κ2) is 7.25. The van der Waals surface area contributed by atoms with E-state index >= 15 is 0 Å². The molecule has 0 spiro atoms. The maximum absolute atomic E-state index is 6.16. The second-order valence-corrected chi connectivity index (χ2v) is 7.53. The molecule has 106 valence electrons. The van der Waals surface area contributed by atoms with Crippen LogP contribution in [0.2, 0.25) is 5.15 Å². The largest absolute Gasteiger partial charge is 0.235 e. The lowest BCUT2D eigenvalue weighted by Crippen LogP contribution is -2.02. The molecule has 0 aliphatic carbocycles. The first-order valence-corrected chi connectivity index (χ1v) is 9.03. The molecule has 1 heterocycles. The average Bonchev–Trinajstić information content (AvgIpc) is 2.41. The van der Waals surface area contributed by atoms with E-state index in [0.29, 0.717) is 16.8 Å². The minimum Gasteiger partial charge on any atom is -0.235 e. The highest BCUT2D eigenvalue weighted by molar-refractivity contribution is 9.10. The molecule has 2 rings (SSSR count). The molecule has 0 amide bonds. The quantitative estimate of drug-likeness (QED) is 0.430. The molecule has 0 aliphatic heterocycles. The van der Waals surface area contributed by atoms with E-state index in [0.717, 1.165) is 20.5 Å². The Morgan fingerprint density at radius 1 is 1.20 bits per heavy atom. The van der Waals surface area contributed by atoms with Crippen LogP contribution in [0.1, 0.15) is 31.3 Å². The van der Waals surface area contributed by atoms with Crippen molar-refractivity contribution in [3.05, 3.63) is 49.9 Å². The van der Waals surface area contributed by atoms with E-state index in [1.54, 1.807) is 11.8 Å². The van der Waals surface area contributed by atoms with Gasteiger partial charge >= 0.3 is 0 Å². The van der Waals surface area contributed by atoms with Crippen molar-refractivity contribution in [2.24, 2.45) is 0 Å². The number of rotatable bonds is 4. The van der Waals surface area contributed by atoms with Crippen molar-refractivity contribution in [1.82, 2.24) is 9.97 Å². The predicted molar refractivity (Wildman–Crippen MR) is 92.5 cm³/mol. The Balaban J connectivity index is 2.20. The summed E-state index contributed by atoms with van der Waals surface area (Å²) in [6.07, 6.45) is 0. The van der Waals surface area contributed by atoms with Crippen molar-refractivity contribution in [2.45, 2.75) is 30.4 Å². The van der Waals surface area contributed by atoms with Gasteiger partial charge in [-0.2, -0.15) is 0 Å². The SMILES string of the molecule is CC(C)c1nc(CSc2ccccc2Br)nc(Cl)c1Br. The van der Waals surface area contributed by atoms with Crippen LogP contribution in [0.3, 0.4) is 0 Å². The van der Waals surface area contributed by atoms with E-state index in [4.69, 9.17) is 11.6 Å². The first-order valence-electron chi connectivity index (χ1n) is 6.08. The van der Waals surface area contributed by atoms with Crippen LogP contribution in [0, 0.1) is 0 Å². The molecule has 0 bridgehead atoms. The van der Waals surface area contributed by atoms with E-state index in [9.17, 15) is 0 Å². The zero-order chi connectivity index (χ0) is 14.7. The van der Waals surface area contributed by atoms with E-state index in [1.165, 1.54) is 4.90 Å². The summed E-state index contributed by atoms with van der Waals surface area (Å²) < 4.78 is 1.88. The normalized spacial score (nSPS) is 11.1.